The monoisotopic (exact) mass is 554 g/mol. The SMILES string of the molecule is C/C(=N/NC(=O)c1ccc(COc2c(Br)cc(C)cc2Br)cc1)c1cc2ccccc2o1. The number of carbonyl (C=O) groups excluding carboxylic acids is 1. The van der Waals surface area contributed by atoms with Gasteiger partial charge in [0, 0.05) is 10.9 Å². The second kappa shape index (κ2) is 9.71. The van der Waals surface area contributed by atoms with Gasteiger partial charge < -0.3 is 9.15 Å². The van der Waals surface area contributed by atoms with E-state index in [0.29, 0.717) is 23.6 Å². The van der Waals surface area contributed by atoms with Crippen molar-refractivity contribution in [1.29, 1.82) is 0 Å². The molecule has 7 heteroatoms. The van der Waals surface area contributed by atoms with E-state index in [9.17, 15) is 4.79 Å². The predicted octanol–water partition coefficient (Wildman–Crippen LogP) is 7.00. The third-order valence-corrected chi connectivity index (χ3v) is 6.03. The Morgan fingerprint density at radius 1 is 1.03 bits per heavy atom. The van der Waals surface area contributed by atoms with Gasteiger partial charge >= 0.3 is 0 Å². The largest absolute Gasteiger partial charge is 0.487 e. The number of para-hydroxylation sites is 1. The molecule has 1 N–H and O–H groups in total. The molecule has 0 bridgehead atoms. The summed E-state index contributed by atoms with van der Waals surface area (Å²) in [6.07, 6.45) is 0. The lowest BCUT2D eigenvalue weighted by Crippen LogP contribution is -2.19. The highest BCUT2D eigenvalue weighted by Crippen LogP contribution is 2.35. The van der Waals surface area contributed by atoms with Crippen molar-refractivity contribution < 1.29 is 13.9 Å². The van der Waals surface area contributed by atoms with E-state index in [4.69, 9.17) is 9.15 Å². The lowest BCUT2D eigenvalue weighted by atomic mass is 10.1. The number of fused-ring (bicyclic) bond motifs is 1. The standard InChI is InChI=1S/C25H20Br2N2O3/c1-15-11-20(26)24(21(27)12-15)31-14-17-7-9-18(10-8-17)25(30)29-28-16(2)23-13-19-5-3-4-6-22(19)32-23/h3-13H,14H2,1-2H3,(H,29,30)/b28-16-. The lowest BCUT2D eigenvalue weighted by molar-refractivity contribution is 0.0954. The first-order valence-corrected chi connectivity index (χ1v) is 11.5. The molecule has 0 aliphatic heterocycles. The smallest absolute Gasteiger partial charge is 0.271 e. The van der Waals surface area contributed by atoms with Gasteiger partial charge in [-0.1, -0.05) is 30.3 Å². The average molecular weight is 556 g/mol. The summed E-state index contributed by atoms with van der Waals surface area (Å²) in [6, 6.07) is 20.9. The first kappa shape index (κ1) is 22.3. The van der Waals surface area contributed by atoms with Crippen LogP contribution in [0.25, 0.3) is 11.0 Å². The van der Waals surface area contributed by atoms with Crippen LogP contribution in [0.1, 0.15) is 34.2 Å². The zero-order valence-electron chi connectivity index (χ0n) is 17.5. The number of hydrogen-bond donors (Lipinski definition) is 1. The zero-order chi connectivity index (χ0) is 22.7. The van der Waals surface area contributed by atoms with Crippen LogP contribution in [0.15, 0.2) is 85.2 Å². The van der Waals surface area contributed by atoms with Crippen molar-refractivity contribution in [2.24, 2.45) is 5.10 Å². The third-order valence-electron chi connectivity index (χ3n) is 4.85. The highest BCUT2D eigenvalue weighted by Gasteiger charge is 2.10. The Labute approximate surface area is 202 Å². The van der Waals surface area contributed by atoms with E-state index in [1.165, 1.54) is 0 Å². The Hall–Kier alpha value is -2.90. The first-order chi connectivity index (χ1) is 15.4. The molecule has 0 spiro atoms. The molecule has 32 heavy (non-hydrogen) atoms. The maximum Gasteiger partial charge on any atom is 0.271 e. The van der Waals surface area contributed by atoms with Gasteiger partial charge in [-0.25, -0.2) is 5.43 Å². The summed E-state index contributed by atoms with van der Waals surface area (Å²) in [6.45, 7) is 4.19. The summed E-state index contributed by atoms with van der Waals surface area (Å²) in [5.74, 6) is 1.07. The maximum absolute atomic E-state index is 12.5. The van der Waals surface area contributed by atoms with Crippen molar-refractivity contribution in [3.05, 3.63) is 98.1 Å². The molecule has 3 aromatic carbocycles. The van der Waals surface area contributed by atoms with Gasteiger partial charge in [-0.3, -0.25) is 4.79 Å². The summed E-state index contributed by atoms with van der Waals surface area (Å²) in [5, 5.41) is 5.17. The number of benzene rings is 3. The van der Waals surface area contributed by atoms with Crippen LogP contribution in [0.5, 0.6) is 5.75 Å². The predicted molar refractivity (Wildman–Crippen MR) is 133 cm³/mol. The fourth-order valence-electron chi connectivity index (χ4n) is 3.15. The van der Waals surface area contributed by atoms with Gasteiger partial charge in [0.05, 0.1) is 8.95 Å². The minimum atomic E-state index is -0.294. The van der Waals surface area contributed by atoms with Gasteiger partial charge in [0.25, 0.3) is 5.91 Å². The molecule has 0 saturated heterocycles. The normalized spacial score (nSPS) is 11.6. The molecule has 0 saturated carbocycles. The van der Waals surface area contributed by atoms with E-state index < -0.39 is 0 Å². The molecule has 0 unspecified atom stereocenters. The number of rotatable bonds is 6. The van der Waals surface area contributed by atoms with E-state index in [1.807, 2.05) is 61.5 Å². The van der Waals surface area contributed by atoms with Crippen LogP contribution in [-0.2, 0) is 6.61 Å². The van der Waals surface area contributed by atoms with Crippen molar-refractivity contribution in [2.45, 2.75) is 20.5 Å². The summed E-state index contributed by atoms with van der Waals surface area (Å²) in [4.78, 5) is 12.5. The number of nitrogens with one attached hydrogen (secondary N) is 1. The van der Waals surface area contributed by atoms with Crippen molar-refractivity contribution in [3.63, 3.8) is 0 Å². The molecule has 0 fully saturated rings. The van der Waals surface area contributed by atoms with Gasteiger partial charge in [0.1, 0.15) is 23.7 Å². The Kier molecular flexibility index (Phi) is 6.77. The van der Waals surface area contributed by atoms with Crippen molar-refractivity contribution in [1.82, 2.24) is 5.43 Å². The number of ether oxygens (including phenoxy) is 1. The van der Waals surface area contributed by atoms with E-state index in [0.717, 1.165) is 36.8 Å². The topological polar surface area (TPSA) is 63.8 Å². The molecule has 1 aromatic heterocycles. The number of halogens is 2. The lowest BCUT2D eigenvalue weighted by Gasteiger charge is -2.11. The molecule has 4 rings (SSSR count). The average Bonchev–Trinajstić information content (AvgIpc) is 3.21. The highest BCUT2D eigenvalue weighted by atomic mass is 79.9. The molecule has 1 amide bonds. The van der Waals surface area contributed by atoms with Crippen molar-refractivity contribution in [2.75, 3.05) is 0 Å². The number of amides is 1. The van der Waals surface area contributed by atoms with Crippen LogP contribution in [0.2, 0.25) is 0 Å². The quantitative estimate of drug-likeness (QED) is 0.206. The first-order valence-electron chi connectivity index (χ1n) is 9.91. The Balaban J connectivity index is 1.38. The fourth-order valence-corrected chi connectivity index (χ4v) is 4.79. The van der Waals surface area contributed by atoms with Gasteiger partial charge in [0.15, 0.2) is 5.76 Å². The van der Waals surface area contributed by atoms with Crippen LogP contribution < -0.4 is 10.2 Å². The van der Waals surface area contributed by atoms with E-state index >= 15 is 0 Å². The fraction of sp³-hybridized carbons (Fsp3) is 0.120. The van der Waals surface area contributed by atoms with E-state index in [2.05, 4.69) is 42.4 Å². The molecule has 4 aromatic rings. The second-order valence-electron chi connectivity index (χ2n) is 7.33. The summed E-state index contributed by atoms with van der Waals surface area (Å²) < 4.78 is 13.5. The number of nitrogens with zero attached hydrogens (tertiary/aromatic N) is 1. The van der Waals surface area contributed by atoms with Crippen LogP contribution >= 0.6 is 31.9 Å². The van der Waals surface area contributed by atoms with Gasteiger partial charge in [0.2, 0.25) is 0 Å². The number of furan rings is 1. The van der Waals surface area contributed by atoms with E-state index in [1.54, 1.807) is 19.1 Å². The van der Waals surface area contributed by atoms with Gasteiger partial charge in [-0.15, -0.1) is 0 Å². The van der Waals surface area contributed by atoms with E-state index in [-0.39, 0.29) is 5.91 Å². The molecule has 0 aliphatic carbocycles. The maximum atomic E-state index is 12.5. The number of carbonyl (C=O) groups is 1. The molecule has 162 valence electrons. The van der Waals surface area contributed by atoms with Gasteiger partial charge in [-0.05, 0) is 93.2 Å². The molecule has 1 heterocycles. The Morgan fingerprint density at radius 2 is 1.72 bits per heavy atom. The Bertz CT molecular complexity index is 1250. The highest BCUT2D eigenvalue weighted by molar-refractivity contribution is 9.11. The van der Waals surface area contributed by atoms with Gasteiger partial charge in [-0.2, -0.15) is 5.10 Å². The second-order valence-corrected chi connectivity index (χ2v) is 9.04. The van der Waals surface area contributed by atoms with Crippen LogP contribution in [0, 0.1) is 6.92 Å². The number of aryl methyl sites for hydroxylation is 1. The summed E-state index contributed by atoms with van der Waals surface area (Å²) in [7, 11) is 0. The molecule has 5 nitrogen and oxygen atoms in total. The molecule has 0 radical (unpaired) electrons. The van der Waals surface area contributed by atoms with Crippen LogP contribution in [0.3, 0.4) is 0 Å². The molecular formula is C25H20Br2N2O3. The Morgan fingerprint density at radius 3 is 2.41 bits per heavy atom. The molecule has 0 atom stereocenters. The summed E-state index contributed by atoms with van der Waals surface area (Å²) >= 11 is 7.06. The third kappa shape index (κ3) is 5.11. The minimum Gasteiger partial charge on any atom is -0.487 e. The zero-order valence-corrected chi connectivity index (χ0v) is 20.7. The van der Waals surface area contributed by atoms with Crippen LogP contribution in [0.4, 0.5) is 0 Å². The van der Waals surface area contributed by atoms with Crippen LogP contribution in [-0.4, -0.2) is 11.6 Å². The molecular weight excluding hydrogens is 536 g/mol. The van der Waals surface area contributed by atoms with Crippen molar-refractivity contribution >= 4 is 54.4 Å². The minimum absolute atomic E-state index is 0.294. The number of hydrazone groups is 1. The van der Waals surface area contributed by atoms with Crippen molar-refractivity contribution in [3.8, 4) is 5.75 Å². The molecule has 0 aliphatic rings. The summed E-state index contributed by atoms with van der Waals surface area (Å²) in [5.41, 5.74) is 6.54. The number of hydrogen-bond acceptors (Lipinski definition) is 4.